The lowest BCUT2D eigenvalue weighted by atomic mass is 10.2. The van der Waals surface area contributed by atoms with Crippen LogP contribution < -0.4 is 10.6 Å². The van der Waals surface area contributed by atoms with Crippen molar-refractivity contribution >= 4 is 23.7 Å². The maximum atomic E-state index is 12.1. The third-order valence-electron chi connectivity index (χ3n) is 2.32. The quantitative estimate of drug-likeness (QED) is 0.756. The lowest BCUT2D eigenvalue weighted by Crippen LogP contribution is -2.46. The molecule has 0 aromatic carbocycles. The molecule has 22 heavy (non-hydrogen) atoms. The Morgan fingerprint density at radius 3 is 2.55 bits per heavy atom. The Hall–Kier alpha value is -2.64. The van der Waals surface area contributed by atoms with Crippen molar-refractivity contribution < 1.29 is 24.2 Å². The van der Waals surface area contributed by atoms with Crippen molar-refractivity contribution in [2.75, 3.05) is 5.32 Å². The first-order valence-corrected chi connectivity index (χ1v) is 6.59. The number of ether oxygens (including phenoxy) is 1. The molecule has 0 spiro atoms. The fourth-order valence-corrected chi connectivity index (χ4v) is 1.50. The Balaban J connectivity index is 2.73. The highest BCUT2D eigenvalue weighted by Gasteiger charge is 2.26. The second-order valence-electron chi connectivity index (χ2n) is 5.53. The van der Waals surface area contributed by atoms with E-state index in [1.54, 1.807) is 32.9 Å². The zero-order chi connectivity index (χ0) is 16.8. The summed E-state index contributed by atoms with van der Waals surface area (Å²) in [5.74, 6) is -1.89. The number of pyridine rings is 1. The zero-order valence-corrected chi connectivity index (χ0v) is 12.6. The molecule has 0 radical (unpaired) electrons. The molecule has 0 bridgehead atoms. The van der Waals surface area contributed by atoms with E-state index >= 15 is 0 Å². The molecule has 120 valence electrons. The molecule has 1 rings (SSSR count). The predicted molar refractivity (Wildman–Crippen MR) is 78.3 cm³/mol. The molecule has 1 aromatic heterocycles. The van der Waals surface area contributed by atoms with Gasteiger partial charge in [-0.15, -0.1) is 0 Å². The number of alkyl carbamates (subject to hydrolysis) is 1. The fraction of sp³-hybridized carbons (Fsp3) is 0.429. The van der Waals surface area contributed by atoms with Crippen molar-refractivity contribution in [3.63, 3.8) is 0 Å². The number of carbonyl (C=O) groups excluding carboxylic acids is 2. The minimum Gasteiger partial charge on any atom is -0.481 e. The smallest absolute Gasteiger partial charge is 0.408 e. The second-order valence-corrected chi connectivity index (χ2v) is 5.53. The molecule has 1 aromatic rings. The van der Waals surface area contributed by atoms with E-state index in [9.17, 15) is 14.4 Å². The van der Waals surface area contributed by atoms with Gasteiger partial charge in [0.15, 0.2) is 0 Å². The molecule has 0 saturated heterocycles. The molecular weight excluding hydrogens is 290 g/mol. The highest BCUT2D eigenvalue weighted by Crippen LogP contribution is 2.09. The molecule has 3 N–H and O–H groups in total. The van der Waals surface area contributed by atoms with Gasteiger partial charge in [-0.1, -0.05) is 0 Å². The van der Waals surface area contributed by atoms with Gasteiger partial charge in [-0.2, -0.15) is 0 Å². The normalized spacial score (nSPS) is 12.1. The first kappa shape index (κ1) is 17.4. The molecule has 8 heteroatoms. The van der Waals surface area contributed by atoms with Gasteiger partial charge in [-0.3, -0.25) is 14.6 Å². The Morgan fingerprint density at radius 1 is 1.36 bits per heavy atom. The fourth-order valence-electron chi connectivity index (χ4n) is 1.50. The molecule has 1 atom stereocenters. The highest BCUT2D eigenvalue weighted by molar-refractivity contribution is 5.98. The van der Waals surface area contributed by atoms with Gasteiger partial charge in [0.1, 0.15) is 11.6 Å². The topological polar surface area (TPSA) is 118 Å². The molecule has 0 saturated carbocycles. The van der Waals surface area contributed by atoms with Gasteiger partial charge in [-0.05, 0) is 32.9 Å². The summed E-state index contributed by atoms with van der Waals surface area (Å²) in [7, 11) is 0. The van der Waals surface area contributed by atoms with Crippen molar-refractivity contribution in [2.45, 2.75) is 38.8 Å². The van der Waals surface area contributed by atoms with Crippen LogP contribution in [0, 0.1) is 0 Å². The Morgan fingerprint density at radius 2 is 2.05 bits per heavy atom. The zero-order valence-electron chi connectivity index (χ0n) is 12.6. The van der Waals surface area contributed by atoms with Crippen LogP contribution in [0.5, 0.6) is 0 Å². The number of carbonyl (C=O) groups is 3. The van der Waals surface area contributed by atoms with E-state index < -0.39 is 36.0 Å². The number of carboxylic acids is 1. The highest BCUT2D eigenvalue weighted by atomic mass is 16.6. The predicted octanol–water partition coefficient (Wildman–Crippen LogP) is 1.39. The minimum absolute atomic E-state index is 0.397. The molecule has 2 amide bonds. The van der Waals surface area contributed by atoms with E-state index in [0.717, 1.165) is 0 Å². The summed E-state index contributed by atoms with van der Waals surface area (Å²) in [6.45, 7) is 4.98. The lowest BCUT2D eigenvalue weighted by Gasteiger charge is -2.22. The standard InChI is InChI=1S/C14H19N3O5/c1-14(2,3)22-13(21)17-10(7-11(18)19)12(20)16-9-5-4-6-15-8-9/h4-6,8,10H,7H2,1-3H3,(H,16,20)(H,17,21)(H,18,19)/t10-/m1/s1. The van der Waals surface area contributed by atoms with Gasteiger partial charge in [0.2, 0.25) is 5.91 Å². The summed E-state index contributed by atoms with van der Waals surface area (Å²) in [5.41, 5.74) is -0.355. The van der Waals surface area contributed by atoms with E-state index in [1.165, 1.54) is 12.4 Å². The van der Waals surface area contributed by atoms with E-state index in [0.29, 0.717) is 5.69 Å². The molecule has 0 unspecified atom stereocenters. The van der Waals surface area contributed by atoms with Crippen LogP contribution in [0.3, 0.4) is 0 Å². The number of aromatic nitrogens is 1. The van der Waals surface area contributed by atoms with Crippen molar-refractivity contribution in [1.29, 1.82) is 0 Å². The van der Waals surface area contributed by atoms with Crippen LogP contribution in [0.25, 0.3) is 0 Å². The molecule has 0 fully saturated rings. The molecule has 0 aliphatic heterocycles. The summed E-state index contributed by atoms with van der Waals surface area (Å²) in [6.07, 6.45) is 1.51. The number of rotatable bonds is 5. The molecule has 0 aliphatic rings. The maximum Gasteiger partial charge on any atom is 0.408 e. The van der Waals surface area contributed by atoms with Crippen LogP contribution in [0.15, 0.2) is 24.5 Å². The van der Waals surface area contributed by atoms with Gasteiger partial charge in [0.25, 0.3) is 0 Å². The lowest BCUT2D eigenvalue weighted by molar-refractivity contribution is -0.139. The van der Waals surface area contributed by atoms with Crippen molar-refractivity contribution in [3.05, 3.63) is 24.5 Å². The molecule has 0 aliphatic carbocycles. The first-order valence-electron chi connectivity index (χ1n) is 6.59. The Bertz CT molecular complexity index is 539. The SMILES string of the molecule is CC(C)(C)OC(=O)N[C@H](CC(=O)O)C(=O)Nc1cccnc1. The van der Waals surface area contributed by atoms with Crippen molar-refractivity contribution in [3.8, 4) is 0 Å². The number of hydrogen-bond donors (Lipinski definition) is 3. The van der Waals surface area contributed by atoms with Crippen molar-refractivity contribution in [2.24, 2.45) is 0 Å². The minimum atomic E-state index is -1.26. The third-order valence-corrected chi connectivity index (χ3v) is 2.32. The van der Waals surface area contributed by atoms with Crippen LogP contribution >= 0.6 is 0 Å². The molecule has 1 heterocycles. The number of anilines is 1. The first-order chi connectivity index (χ1) is 10.2. The molecular formula is C14H19N3O5. The van der Waals surface area contributed by atoms with Gasteiger partial charge < -0.3 is 20.5 Å². The van der Waals surface area contributed by atoms with Crippen molar-refractivity contribution in [1.82, 2.24) is 10.3 Å². The van der Waals surface area contributed by atoms with Gasteiger partial charge in [0, 0.05) is 6.20 Å². The van der Waals surface area contributed by atoms with Crippen LogP contribution in [0.1, 0.15) is 27.2 Å². The monoisotopic (exact) mass is 309 g/mol. The summed E-state index contributed by atoms with van der Waals surface area (Å²) in [5, 5.41) is 13.6. The summed E-state index contributed by atoms with van der Waals surface area (Å²) >= 11 is 0. The Labute approximate surface area is 127 Å². The average Bonchev–Trinajstić information content (AvgIpc) is 2.36. The number of carboxylic acid groups (broad SMARTS) is 1. The number of nitrogens with zero attached hydrogens (tertiary/aromatic N) is 1. The number of hydrogen-bond acceptors (Lipinski definition) is 5. The van der Waals surface area contributed by atoms with Crippen LogP contribution in [-0.4, -0.2) is 39.7 Å². The summed E-state index contributed by atoms with van der Waals surface area (Å²) in [4.78, 5) is 38.4. The van der Waals surface area contributed by atoms with Crippen LogP contribution in [-0.2, 0) is 14.3 Å². The third kappa shape index (κ3) is 6.69. The van der Waals surface area contributed by atoms with E-state index in [2.05, 4.69) is 15.6 Å². The summed E-state index contributed by atoms with van der Waals surface area (Å²) in [6, 6.07) is 1.95. The number of aliphatic carboxylic acids is 1. The van der Waals surface area contributed by atoms with E-state index in [1.807, 2.05) is 0 Å². The average molecular weight is 309 g/mol. The summed E-state index contributed by atoms with van der Waals surface area (Å²) < 4.78 is 5.01. The van der Waals surface area contributed by atoms with E-state index in [4.69, 9.17) is 9.84 Å². The van der Waals surface area contributed by atoms with Crippen LogP contribution in [0.2, 0.25) is 0 Å². The molecule has 8 nitrogen and oxygen atoms in total. The number of nitrogens with one attached hydrogen (secondary N) is 2. The number of amides is 2. The Kier molecular flexibility index (Phi) is 5.85. The van der Waals surface area contributed by atoms with Gasteiger partial charge >= 0.3 is 12.1 Å². The van der Waals surface area contributed by atoms with E-state index in [-0.39, 0.29) is 0 Å². The largest absolute Gasteiger partial charge is 0.481 e. The van der Waals surface area contributed by atoms with Gasteiger partial charge in [-0.25, -0.2) is 4.79 Å². The van der Waals surface area contributed by atoms with Gasteiger partial charge in [0.05, 0.1) is 18.3 Å². The maximum absolute atomic E-state index is 12.1. The second kappa shape index (κ2) is 7.39. The van der Waals surface area contributed by atoms with Crippen LogP contribution in [0.4, 0.5) is 10.5 Å².